The number of hydrogen-bond donors (Lipinski definition) is 0. The van der Waals surface area contributed by atoms with E-state index in [4.69, 9.17) is 8.83 Å². The fourth-order valence-electron chi connectivity index (χ4n) is 1.53. The van der Waals surface area contributed by atoms with Gasteiger partial charge < -0.3 is 8.83 Å². The molecule has 100 valence electrons. The summed E-state index contributed by atoms with van der Waals surface area (Å²) in [6.07, 6.45) is 10.8. The topological polar surface area (TPSA) is 60.4 Å². The summed E-state index contributed by atoms with van der Waals surface area (Å²) < 4.78 is 10.9. The van der Waals surface area contributed by atoms with Gasteiger partial charge in [0, 0.05) is 0 Å². The van der Waals surface area contributed by atoms with Crippen LogP contribution in [0.1, 0.15) is 23.0 Å². The molecule has 0 unspecified atom stereocenters. The van der Waals surface area contributed by atoms with Crippen LogP contribution in [0.15, 0.2) is 45.3 Å². The zero-order valence-electron chi connectivity index (χ0n) is 10.6. The highest BCUT2D eigenvalue weighted by Crippen LogP contribution is 2.15. The zero-order chi connectivity index (χ0) is 14.2. The first-order valence-electron chi connectivity index (χ1n) is 5.93. The van der Waals surface area contributed by atoms with Crippen molar-refractivity contribution in [2.75, 3.05) is 0 Å². The summed E-state index contributed by atoms with van der Waals surface area (Å²) in [5.41, 5.74) is 0. The van der Waals surface area contributed by atoms with Gasteiger partial charge in [-0.05, 0) is 60.7 Å². The van der Waals surface area contributed by atoms with Crippen molar-refractivity contribution >= 4 is 36.9 Å². The lowest BCUT2D eigenvalue weighted by Gasteiger charge is -1.87. The number of aldehydes is 2. The van der Waals surface area contributed by atoms with Crippen LogP contribution in [-0.2, 0) is 9.59 Å². The van der Waals surface area contributed by atoms with Crippen LogP contribution in [0.5, 0.6) is 0 Å². The Bertz CT molecular complexity index is 610. The van der Waals surface area contributed by atoms with Crippen molar-refractivity contribution in [3.05, 3.63) is 59.5 Å². The minimum Gasteiger partial charge on any atom is -0.457 e. The molecule has 0 N–H and O–H groups in total. The Morgan fingerprint density at radius 3 is 1.30 bits per heavy atom. The second kappa shape index (κ2) is 6.89. The molecule has 2 rings (SSSR count). The first-order chi connectivity index (χ1) is 9.81. The molecule has 4 heteroatoms. The lowest BCUT2D eigenvalue weighted by Crippen LogP contribution is -1.65. The van der Waals surface area contributed by atoms with Gasteiger partial charge in [-0.2, -0.15) is 0 Å². The molecule has 0 fully saturated rings. The Morgan fingerprint density at radius 1 is 0.600 bits per heavy atom. The van der Waals surface area contributed by atoms with Crippen molar-refractivity contribution in [3.63, 3.8) is 0 Å². The monoisotopic (exact) mass is 268 g/mol. The SMILES string of the molecule is O=CC=Cc1ccc(/C=C/c2ccc(C=CC=O)o2)o1. The largest absolute Gasteiger partial charge is 0.457 e. The zero-order valence-corrected chi connectivity index (χ0v) is 10.6. The maximum absolute atomic E-state index is 10.2. The van der Waals surface area contributed by atoms with Gasteiger partial charge in [0.15, 0.2) is 0 Å². The van der Waals surface area contributed by atoms with Gasteiger partial charge >= 0.3 is 0 Å². The molecule has 2 heterocycles. The number of allylic oxidation sites excluding steroid dienone is 2. The smallest absolute Gasteiger partial charge is 0.142 e. The lowest BCUT2D eigenvalue weighted by molar-refractivity contribution is -0.104. The number of rotatable bonds is 6. The average molecular weight is 268 g/mol. The predicted molar refractivity (Wildman–Crippen MR) is 76.5 cm³/mol. The molecule has 0 atom stereocenters. The molecule has 0 aliphatic rings. The van der Waals surface area contributed by atoms with Gasteiger partial charge in [-0.1, -0.05) is 0 Å². The maximum atomic E-state index is 10.2. The second-order valence-corrected chi connectivity index (χ2v) is 3.80. The van der Waals surface area contributed by atoms with E-state index in [0.717, 1.165) is 0 Å². The quantitative estimate of drug-likeness (QED) is 0.594. The summed E-state index contributed by atoms with van der Waals surface area (Å²) in [5.74, 6) is 2.51. The minimum atomic E-state index is 0.603. The normalized spacial score (nSPS) is 11.8. The molecule has 0 aliphatic heterocycles. The van der Waals surface area contributed by atoms with E-state index >= 15 is 0 Å². The molecule has 0 amide bonds. The van der Waals surface area contributed by atoms with Crippen LogP contribution in [0.3, 0.4) is 0 Å². The van der Waals surface area contributed by atoms with Crippen LogP contribution in [0.25, 0.3) is 24.3 Å². The van der Waals surface area contributed by atoms with Crippen molar-refractivity contribution in [2.24, 2.45) is 0 Å². The second-order valence-electron chi connectivity index (χ2n) is 3.80. The molecule has 2 aromatic rings. The number of carbonyl (C=O) groups excluding carboxylic acids is 2. The van der Waals surface area contributed by atoms with E-state index in [2.05, 4.69) is 0 Å². The van der Waals surface area contributed by atoms with E-state index < -0.39 is 0 Å². The summed E-state index contributed by atoms with van der Waals surface area (Å²) in [6, 6.07) is 7.11. The van der Waals surface area contributed by atoms with Gasteiger partial charge in [-0.15, -0.1) is 0 Å². The van der Waals surface area contributed by atoms with E-state index in [1.807, 2.05) is 0 Å². The van der Waals surface area contributed by atoms with E-state index in [1.165, 1.54) is 12.2 Å². The Labute approximate surface area is 115 Å². The summed E-state index contributed by atoms with van der Waals surface area (Å²) >= 11 is 0. The van der Waals surface area contributed by atoms with Gasteiger partial charge in [0.25, 0.3) is 0 Å². The number of carbonyl (C=O) groups is 2. The van der Waals surface area contributed by atoms with Gasteiger partial charge in [0.1, 0.15) is 35.6 Å². The highest BCUT2D eigenvalue weighted by Gasteiger charge is 1.98. The summed E-state index contributed by atoms with van der Waals surface area (Å²) in [5, 5.41) is 0. The van der Waals surface area contributed by atoms with Crippen molar-refractivity contribution in [1.82, 2.24) is 0 Å². The molecule has 0 aliphatic carbocycles. The van der Waals surface area contributed by atoms with Crippen LogP contribution in [-0.4, -0.2) is 12.6 Å². The molecule has 0 radical (unpaired) electrons. The molecule has 2 aromatic heterocycles. The van der Waals surface area contributed by atoms with Gasteiger partial charge in [-0.3, -0.25) is 9.59 Å². The third-order valence-electron chi connectivity index (χ3n) is 2.39. The molecule has 0 saturated heterocycles. The van der Waals surface area contributed by atoms with Crippen LogP contribution < -0.4 is 0 Å². The number of furan rings is 2. The van der Waals surface area contributed by atoms with Crippen molar-refractivity contribution in [1.29, 1.82) is 0 Å². The third kappa shape index (κ3) is 3.81. The van der Waals surface area contributed by atoms with Crippen LogP contribution in [0, 0.1) is 0 Å². The van der Waals surface area contributed by atoms with Gasteiger partial charge in [-0.25, -0.2) is 0 Å². The molecular formula is C16H12O4. The molecule has 0 aromatic carbocycles. The van der Waals surface area contributed by atoms with Crippen LogP contribution in [0.2, 0.25) is 0 Å². The number of hydrogen-bond acceptors (Lipinski definition) is 4. The molecule has 0 bridgehead atoms. The predicted octanol–water partition coefficient (Wildman–Crippen LogP) is 3.47. The van der Waals surface area contributed by atoms with Crippen molar-refractivity contribution in [2.45, 2.75) is 0 Å². The summed E-state index contributed by atoms with van der Waals surface area (Å²) in [7, 11) is 0. The fraction of sp³-hybridized carbons (Fsp3) is 0. The fourth-order valence-corrected chi connectivity index (χ4v) is 1.53. The third-order valence-corrected chi connectivity index (χ3v) is 2.39. The maximum Gasteiger partial charge on any atom is 0.142 e. The molecule has 0 saturated carbocycles. The Kier molecular flexibility index (Phi) is 4.67. The lowest BCUT2D eigenvalue weighted by atomic mass is 10.3. The summed E-state index contributed by atoms with van der Waals surface area (Å²) in [4.78, 5) is 20.4. The van der Waals surface area contributed by atoms with E-state index in [-0.39, 0.29) is 0 Å². The van der Waals surface area contributed by atoms with E-state index in [0.29, 0.717) is 35.6 Å². The molecule has 4 nitrogen and oxygen atoms in total. The Hall–Kier alpha value is -2.88. The van der Waals surface area contributed by atoms with Gasteiger partial charge in [0.2, 0.25) is 0 Å². The summed E-state index contributed by atoms with van der Waals surface area (Å²) in [6.45, 7) is 0. The Balaban J connectivity index is 2.05. The first-order valence-corrected chi connectivity index (χ1v) is 5.93. The highest BCUT2D eigenvalue weighted by atomic mass is 16.3. The molecular weight excluding hydrogens is 256 g/mol. The van der Waals surface area contributed by atoms with Crippen LogP contribution >= 0.6 is 0 Å². The molecule has 0 spiro atoms. The van der Waals surface area contributed by atoms with Crippen LogP contribution in [0.4, 0.5) is 0 Å². The van der Waals surface area contributed by atoms with Crippen molar-refractivity contribution < 1.29 is 18.4 Å². The minimum absolute atomic E-state index is 0.603. The van der Waals surface area contributed by atoms with Crippen molar-refractivity contribution in [3.8, 4) is 0 Å². The average Bonchev–Trinajstić information content (AvgIpc) is 3.10. The van der Waals surface area contributed by atoms with E-state index in [9.17, 15) is 9.59 Å². The molecule has 20 heavy (non-hydrogen) atoms. The standard InChI is InChI=1S/C16H12O4/c17-11-1-3-13-5-7-15(19-13)9-10-16-8-6-14(20-16)4-2-12-18/h1-12H/b3-1?,4-2?,10-9+. The van der Waals surface area contributed by atoms with E-state index in [1.54, 1.807) is 48.6 Å². The van der Waals surface area contributed by atoms with Gasteiger partial charge in [0.05, 0.1) is 0 Å². The highest BCUT2D eigenvalue weighted by molar-refractivity contribution is 5.74. The Morgan fingerprint density at radius 2 is 0.950 bits per heavy atom. The first kappa shape index (κ1) is 13.5.